The SMILES string of the molecule is COc1ncc(F)cc1-c1ccc(CN)cc1. The van der Waals surface area contributed by atoms with Gasteiger partial charge in [-0.2, -0.15) is 0 Å². The summed E-state index contributed by atoms with van der Waals surface area (Å²) in [6.07, 6.45) is 1.14. The van der Waals surface area contributed by atoms with Gasteiger partial charge >= 0.3 is 0 Å². The van der Waals surface area contributed by atoms with Gasteiger partial charge in [0.1, 0.15) is 5.82 Å². The third-order valence-electron chi connectivity index (χ3n) is 2.51. The summed E-state index contributed by atoms with van der Waals surface area (Å²) in [7, 11) is 1.51. The van der Waals surface area contributed by atoms with Crippen molar-refractivity contribution in [3.8, 4) is 17.0 Å². The van der Waals surface area contributed by atoms with Crippen molar-refractivity contribution in [2.24, 2.45) is 5.73 Å². The number of methoxy groups -OCH3 is 1. The average molecular weight is 232 g/mol. The lowest BCUT2D eigenvalue weighted by atomic mass is 10.1. The first kappa shape index (κ1) is 11.5. The summed E-state index contributed by atoms with van der Waals surface area (Å²) in [6.45, 7) is 0.485. The summed E-state index contributed by atoms with van der Waals surface area (Å²) < 4.78 is 18.3. The number of hydrogen-bond acceptors (Lipinski definition) is 3. The van der Waals surface area contributed by atoms with Crippen LogP contribution in [0.1, 0.15) is 5.56 Å². The Labute approximate surface area is 99.1 Å². The second-order valence-electron chi connectivity index (χ2n) is 3.61. The molecule has 0 radical (unpaired) electrons. The minimum Gasteiger partial charge on any atom is -0.481 e. The summed E-state index contributed by atoms with van der Waals surface area (Å²) in [4.78, 5) is 3.89. The largest absolute Gasteiger partial charge is 0.481 e. The molecule has 2 aromatic rings. The Morgan fingerprint density at radius 3 is 2.59 bits per heavy atom. The monoisotopic (exact) mass is 232 g/mol. The maximum atomic E-state index is 13.2. The van der Waals surface area contributed by atoms with E-state index < -0.39 is 0 Å². The van der Waals surface area contributed by atoms with Gasteiger partial charge in [-0.05, 0) is 17.2 Å². The Morgan fingerprint density at radius 2 is 2.00 bits per heavy atom. The van der Waals surface area contributed by atoms with Crippen molar-refractivity contribution in [3.63, 3.8) is 0 Å². The van der Waals surface area contributed by atoms with E-state index in [9.17, 15) is 4.39 Å². The molecule has 2 rings (SSSR count). The molecule has 0 aliphatic carbocycles. The highest BCUT2D eigenvalue weighted by molar-refractivity contribution is 5.68. The predicted octanol–water partition coefficient (Wildman–Crippen LogP) is 2.36. The van der Waals surface area contributed by atoms with Gasteiger partial charge < -0.3 is 10.5 Å². The number of benzene rings is 1. The predicted molar refractivity (Wildman–Crippen MR) is 64.1 cm³/mol. The van der Waals surface area contributed by atoms with E-state index in [1.807, 2.05) is 24.3 Å². The summed E-state index contributed by atoms with van der Waals surface area (Å²) in [5, 5.41) is 0. The van der Waals surface area contributed by atoms with Crippen molar-refractivity contribution in [1.29, 1.82) is 0 Å². The van der Waals surface area contributed by atoms with Gasteiger partial charge in [-0.15, -0.1) is 0 Å². The molecule has 1 heterocycles. The second-order valence-corrected chi connectivity index (χ2v) is 3.61. The zero-order chi connectivity index (χ0) is 12.3. The number of aromatic nitrogens is 1. The van der Waals surface area contributed by atoms with Gasteiger partial charge in [0.05, 0.1) is 13.3 Å². The van der Waals surface area contributed by atoms with Crippen LogP contribution in [0.3, 0.4) is 0 Å². The maximum Gasteiger partial charge on any atom is 0.221 e. The van der Waals surface area contributed by atoms with Crippen molar-refractivity contribution < 1.29 is 9.13 Å². The van der Waals surface area contributed by atoms with Gasteiger partial charge in [-0.1, -0.05) is 24.3 Å². The summed E-state index contributed by atoms with van der Waals surface area (Å²) >= 11 is 0. The third-order valence-corrected chi connectivity index (χ3v) is 2.51. The fourth-order valence-corrected chi connectivity index (χ4v) is 1.62. The molecule has 0 amide bonds. The molecule has 0 saturated carbocycles. The van der Waals surface area contributed by atoms with Crippen LogP contribution in [0.15, 0.2) is 36.5 Å². The van der Waals surface area contributed by atoms with Crippen molar-refractivity contribution in [2.75, 3.05) is 7.11 Å². The summed E-state index contributed by atoms with van der Waals surface area (Å²) in [6, 6.07) is 8.96. The molecule has 0 fully saturated rings. The number of nitrogens with zero attached hydrogens (tertiary/aromatic N) is 1. The molecule has 4 heteroatoms. The molecular weight excluding hydrogens is 219 g/mol. The van der Waals surface area contributed by atoms with E-state index in [1.165, 1.54) is 13.2 Å². The van der Waals surface area contributed by atoms with Crippen LogP contribution < -0.4 is 10.5 Å². The summed E-state index contributed by atoms with van der Waals surface area (Å²) in [5.74, 6) is 0.0237. The number of hydrogen-bond donors (Lipinski definition) is 1. The van der Waals surface area contributed by atoms with E-state index in [0.717, 1.165) is 17.3 Å². The topological polar surface area (TPSA) is 48.1 Å². The van der Waals surface area contributed by atoms with Crippen molar-refractivity contribution in [2.45, 2.75) is 6.54 Å². The summed E-state index contributed by atoms with van der Waals surface area (Å²) in [5.41, 5.74) is 8.03. The van der Waals surface area contributed by atoms with Crippen LogP contribution in [0.25, 0.3) is 11.1 Å². The highest BCUT2D eigenvalue weighted by Crippen LogP contribution is 2.28. The minimum atomic E-state index is -0.385. The lowest BCUT2D eigenvalue weighted by Crippen LogP contribution is -1.96. The Hall–Kier alpha value is -1.94. The van der Waals surface area contributed by atoms with Crippen LogP contribution >= 0.6 is 0 Å². The molecule has 0 aliphatic heterocycles. The number of halogens is 1. The van der Waals surface area contributed by atoms with Crippen LogP contribution in [0, 0.1) is 5.82 Å². The second kappa shape index (κ2) is 4.93. The third kappa shape index (κ3) is 2.42. The van der Waals surface area contributed by atoms with Gasteiger partial charge in [-0.25, -0.2) is 9.37 Å². The molecular formula is C13H13FN2O. The van der Waals surface area contributed by atoms with Crippen molar-refractivity contribution >= 4 is 0 Å². The van der Waals surface area contributed by atoms with Crippen LogP contribution in [0.5, 0.6) is 5.88 Å². The van der Waals surface area contributed by atoms with Crippen molar-refractivity contribution in [3.05, 3.63) is 47.9 Å². The highest BCUT2D eigenvalue weighted by Gasteiger charge is 2.08. The van der Waals surface area contributed by atoms with E-state index in [2.05, 4.69) is 4.98 Å². The lowest BCUT2D eigenvalue weighted by Gasteiger charge is -2.08. The van der Waals surface area contributed by atoms with Crippen LogP contribution in [-0.4, -0.2) is 12.1 Å². The molecule has 1 aromatic carbocycles. The first-order valence-electron chi connectivity index (χ1n) is 5.23. The first-order chi connectivity index (χ1) is 8.24. The standard InChI is InChI=1S/C13H13FN2O/c1-17-13-12(6-11(14)8-16-13)10-4-2-9(7-15)3-5-10/h2-6,8H,7,15H2,1H3. The van der Waals surface area contributed by atoms with Crippen molar-refractivity contribution in [1.82, 2.24) is 4.98 Å². The van der Waals surface area contributed by atoms with E-state index in [0.29, 0.717) is 18.0 Å². The van der Waals surface area contributed by atoms with Crippen LogP contribution in [0.4, 0.5) is 4.39 Å². The van der Waals surface area contributed by atoms with Crippen LogP contribution in [0.2, 0.25) is 0 Å². The van der Waals surface area contributed by atoms with E-state index in [-0.39, 0.29) is 5.82 Å². The average Bonchev–Trinajstić information content (AvgIpc) is 2.39. The molecule has 0 bridgehead atoms. The lowest BCUT2D eigenvalue weighted by molar-refractivity contribution is 0.397. The minimum absolute atomic E-state index is 0.385. The van der Waals surface area contributed by atoms with E-state index >= 15 is 0 Å². The molecule has 0 atom stereocenters. The first-order valence-corrected chi connectivity index (χ1v) is 5.23. The van der Waals surface area contributed by atoms with Gasteiger partial charge in [0, 0.05) is 12.1 Å². The number of pyridine rings is 1. The number of ether oxygens (including phenoxy) is 1. The zero-order valence-electron chi connectivity index (χ0n) is 9.48. The molecule has 2 N–H and O–H groups in total. The molecule has 0 saturated heterocycles. The smallest absolute Gasteiger partial charge is 0.221 e. The number of rotatable bonds is 3. The van der Waals surface area contributed by atoms with Gasteiger partial charge in [-0.3, -0.25) is 0 Å². The normalized spacial score (nSPS) is 10.3. The molecule has 3 nitrogen and oxygen atoms in total. The Balaban J connectivity index is 2.47. The molecule has 0 unspecified atom stereocenters. The molecule has 0 spiro atoms. The molecule has 1 aromatic heterocycles. The number of nitrogens with two attached hydrogens (primary N) is 1. The van der Waals surface area contributed by atoms with Crippen LogP contribution in [-0.2, 0) is 6.54 Å². The maximum absolute atomic E-state index is 13.2. The molecule has 88 valence electrons. The molecule has 17 heavy (non-hydrogen) atoms. The van der Waals surface area contributed by atoms with E-state index in [1.54, 1.807) is 0 Å². The fraction of sp³-hybridized carbons (Fsp3) is 0.154. The van der Waals surface area contributed by atoms with Gasteiger partial charge in [0.25, 0.3) is 0 Å². The van der Waals surface area contributed by atoms with Gasteiger partial charge in [0.15, 0.2) is 0 Å². The Morgan fingerprint density at radius 1 is 1.29 bits per heavy atom. The quantitative estimate of drug-likeness (QED) is 0.883. The fourth-order valence-electron chi connectivity index (χ4n) is 1.62. The highest BCUT2D eigenvalue weighted by atomic mass is 19.1. The molecule has 0 aliphatic rings. The Kier molecular flexibility index (Phi) is 3.35. The van der Waals surface area contributed by atoms with E-state index in [4.69, 9.17) is 10.5 Å². The van der Waals surface area contributed by atoms with Gasteiger partial charge in [0.2, 0.25) is 5.88 Å². The Bertz CT molecular complexity index is 511. The zero-order valence-corrected chi connectivity index (χ0v) is 9.48.